The van der Waals surface area contributed by atoms with Gasteiger partial charge in [0.1, 0.15) is 12.7 Å². The molecule has 6 atom stereocenters. The molecule has 6 unspecified atom stereocenters. The second kappa shape index (κ2) is 30.6. The lowest BCUT2D eigenvalue weighted by atomic mass is 9.92. The molecule has 0 radical (unpaired) electrons. The number of esters is 2. The van der Waals surface area contributed by atoms with Gasteiger partial charge in [-0.25, -0.2) is 0 Å². The summed E-state index contributed by atoms with van der Waals surface area (Å²) >= 11 is 0. The third-order valence-corrected chi connectivity index (χ3v) is 9.90. The maximum Gasteiger partial charge on any atom is 0.306 e. The zero-order chi connectivity index (χ0) is 35.2. The van der Waals surface area contributed by atoms with Crippen LogP contribution in [0.3, 0.4) is 0 Å². The normalized spacial score (nSPS) is 21.7. The summed E-state index contributed by atoms with van der Waals surface area (Å²) in [5.41, 5.74) is 0. The molecule has 1 aliphatic rings. The van der Waals surface area contributed by atoms with Crippen LogP contribution in [0.1, 0.15) is 195 Å². The van der Waals surface area contributed by atoms with Gasteiger partial charge < -0.3 is 29.2 Å². The van der Waals surface area contributed by atoms with Gasteiger partial charge in [0.25, 0.3) is 0 Å². The van der Waals surface area contributed by atoms with Crippen molar-refractivity contribution in [3.8, 4) is 0 Å². The van der Waals surface area contributed by atoms with Crippen molar-refractivity contribution in [1.82, 2.24) is 0 Å². The van der Waals surface area contributed by atoms with E-state index >= 15 is 0 Å². The Morgan fingerprint density at radius 2 is 0.958 bits per heavy atom. The van der Waals surface area contributed by atoms with E-state index in [4.69, 9.17) is 18.9 Å². The third-order valence-electron chi connectivity index (χ3n) is 9.90. The number of aliphatic hydroxyl groups is 2. The van der Waals surface area contributed by atoms with Gasteiger partial charge >= 0.3 is 11.9 Å². The van der Waals surface area contributed by atoms with Crippen LogP contribution in [0.5, 0.6) is 0 Å². The van der Waals surface area contributed by atoms with E-state index in [9.17, 15) is 19.8 Å². The summed E-state index contributed by atoms with van der Waals surface area (Å²) in [7, 11) is 0. The molecule has 1 rings (SSSR count). The van der Waals surface area contributed by atoms with E-state index in [1.165, 1.54) is 116 Å². The smallest absolute Gasteiger partial charge is 0.306 e. The van der Waals surface area contributed by atoms with Crippen LogP contribution < -0.4 is 0 Å². The zero-order valence-corrected chi connectivity index (χ0v) is 31.6. The molecule has 1 saturated heterocycles. The van der Waals surface area contributed by atoms with Crippen molar-refractivity contribution < 1.29 is 38.7 Å². The summed E-state index contributed by atoms with van der Waals surface area (Å²) in [4.78, 5) is 25.2. The predicted octanol–water partition coefficient (Wildman–Crippen LogP) is 9.74. The maximum atomic E-state index is 12.7. The summed E-state index contributed by atoms with van der Waals surface area (Å²) in [6.45, 7) is 7.91. The quantitative estimate of drug-likeness (QED) is 0.0532. The second-order valence-corrected chi connectivity index (χ2v) is 14.5. The van der Waals surface area contributed by atoms with E-state index < -0.39 is 24.6 Å². The van der Waals surface area contributed by atoms with E-state index in [1.54, 1.807) is 0 Å². The highest BCUT2D eigenvalue weighted by atomic mass is 16.7. The Hall–Kier alpha value is -1.22. The Morgan fingerprint density at radius 3 is 1.40 bits per heavy atom. The van der Waals surface area contributed by atoms with Crippen molar-refractivity contribution in [3.05, 3.63) is 0 Å². The first kappa shape index (κ1) is 44.8. The Balaban J connectivity index is 2.33. The van der Waals surface area contributed by atoms with Gasteiger partial charge in [-0.2, -0.15) is 0 Å². The first-order valence-corrected chi connectivity index (χ1v) is 20.3. The molecule has 8 heteroatoms. The fourth-order valence-electron chi connectivity index (χ4n) is 6.35. The number of hydrogen-bond acceptors (Lipinski definition) is 8. The van der Waals surface area contributed by atoms with Gasteiger partial charge in [0.05, 0.1) is 18.8 Å². The SMILES string of the molecule is CCCCCCCCCCCCCCCC(=O)OCC(COC1OC(C)C(C)C(O)C1O)OC(=O)CCCCCCCCCCCCC. The van der Waals surface area contributed by atoms with Crippen LogP contribution in [0.15, 0.2) is 0 Å². The molecule has 1 aliphatic heterocycles. The molecule has 8 nitrogen and oxygen atoms in total. The van der Waals surface area contributed by atoms with Gasteiger partial charge in [0, 0.05) is 18.8 Å². The van der Waals surface area contributed by atoms with Gasteiger partial charge in [-0.05, 0) is 19.8 Å². The van der Waals surface area contributed by atoms with E-state index in [0.29, 0.717) is 12.8 Å². The van der Waals surface area contributed by atoms with Crippen LogP contribution in [0.4, 0.5) is 0 Å². The molecule has 0 spiro atoms. The molecule has 284 valence electrons. The van der Waals surface area contributed by atoms with E-state index in [0.717, 1.165) is 38.5 Å². The summed E-state index contributed by atoms with van der Waals surface area (Å²) < 4.78 is 22.7. The molecule has 0 aromatic rings. The van der Waals surface area contributed by atoms with Crippen LogP contribution in [0, 0.1) is 5.92 Å². The van der Waals surface area contributed by atoms with Crippen molar-refractivity contribution in [1.29, 1.82) is 0 Å². The number of carbonyl (C=O) groups excluding carboxylic acids is 2. The lowest BCUT2D eigenvalue weighted by molar-refractivity contribution is -0.285. The minimum Gasteiger partial charge on any atom is -0.462 e. The molecule has 1 fully saturated rings. The standard InChI is InChI=1S/C40H76O8/c1-5-7-9-11-13-15-17-18-20-21-23-25-27-29-36(41)45-31-35(32-46-40-39(44)38(43)33(3)34(4)47-40)48-37(42)30-28-26-24-22-19-16-14-12-10-8-6-2/h33-35,38-40,43-44H,5-32H2,1-4H3. The molecule has 0 bridgehead atoms. The Morgan fingerprint density at radius 1 is 0.562 bits per heavy atom. The van der Waals surface area contributed by atoms with Crippen molar-refractivity contribution in [2.75, 3.05) is 13.2 Å². The first-order valence-electron chi connectivity index (χ1n) is 20.3. The predicted molar refractivity (Wildman–Crippen MR) is 194 cm³/mol. The van der Waals surface area contributed by atoms with Gasteiger partial charge in [-0.1, -0.05) is 162 Å². The minimum absolute atomic E-state index is 0.106. The number of ether oxygens (including phenoxy) is 4. The van der Waals surface area contributed by atoms with E-state index in [1.807, 2.05) is 13.8 Å². The first-order chi connectivity index (χ1) is 23.3. The number of aliphatic hydroxyl groups excluding tert-OH is 2. The molecule has 0 aliphatic carbocycles. The highest BCUT2D eigenvalue weighted by Crippen LogP contribution is 2.26. The largest absolute Gasteiger partial charge is 0.462 e. The summed E-state index contributed by atoms with van der Waals surface area (Å²) in [5, 5.41) is 20.8. The highest BCUT2D eigenvalue weighted by Gasteiger charge is 2.41. The molecule has 48 heavy (non-hydrogen) atoms. The summed E-state index contributed by atoms with van der Waals surface area (Å²) in [6.07, 6.45) is 25.6. The topological polar surface area (TPSA) is 112 Å². The van der Waals surface area contributed by atoms with Crippen LogP contribution >= 0.6 is 0 Å². The number of hydrogen-bond donors (Lipinski definition) is 2. The minimum atomic E-state index is -1.22. The highest BCUT2D eigenvalue weighted by molar-refractivity contribution is 5.70. The van der Waals surface area contributed by atoms with Crippen LogP contribution in [0.2, 0.25) is 0 Å². The maximum absolute atomic E-state index is 12.7. The van der Waals surface area contributed by atoms with E-state index in [-0.39, 0.29) is 37.2 Å². The van der Waals surface area contributed by atoms with Gasteiger partial charge in [0.15, 0.2) is 12.4 Å². The third kappa shape index (κ3) is 23.2. The molecule has 2 N–H and O–H groups in total. The second-order valence-electron chi connectivity index (χ2n) is 14.5. The van der Waals surface area contributed by atoms with Crippen LogP contribution in [-0.4, -0.2) is 66.1 Å². The summed E-state index contributed by atoms with van der Waals surface area (Å²) in [5.74, 6) is -0.902. The number of unbranched alkanes of at least 4 members (excludes halogenated alkanes) is 22. The molecular formula is C40H76O8. The van der Waals surface area contributed by atoms with Crippen LogP contribution in [-0.2, 0) is 28.5 Å². The molecule has 0 saturated carbocycles. The average Bonchev–Trinajstić information content (AvgIpc) is 3.07. The molecule has 1 heterocycles. The lowest BCUT2D eigenvalue weighted by Gasteiger charge is -2.40. The molecular weight excluding hydrogens is 608 g/mol. The number of carbonyl (C=O) groups is 2. The van der Waals surface area contributed by atoms with E-state index in [2.05, 4.69) is 13.8 Å². The van der Waals surface area contributed by atoms with Crippen molar-refractivity contribution in [3.63, 3.8) is 0 Å². The number of rotatable bonds is 32. The molecule has 0 aromatic carbocycles. The lowest BCUT2D eigenvalue weighted by Crippen LogP contribution is -2.54. The Kier molecular flexibility index (Phi) is 28.6. The Labute approximate surface area is 294 Å². The average molecular weight is 685 g/mol. The van der Waals surface area contributed by atoms with Gasteiger partial charge in [0.2, 0.25) is 0 Å². The van der Waals surface area contributed by atoms with Crippen molar-refractivity contribution in [2.24, 2.45) is 5.92 Å². The van der Waals surface area contributed by atoms with Crippen molar-refractivity contribution in [2.45, 2.75) is 225 Å². The molecule has 0 aromatic heterocycles. The van der Waals surface area contributed by atoms with Gasteiger partial charge in [-0.15, -0.1) is 0 Å². The monoisotopic (exact) mass is 685 g/mol. The molecule has 0 amide bonds. The summed E-state index contributed by atoms with van der Waals surface area (Å²) in [6, 6.07) is 0. The van der Waals surface area contributed by atoms with Crippen LogP contribution in [0.25, 0.3) is 0 Å². The van der Waals surface area contributed by atoms with Gasteiger partial charge in [-0.3, -0.25) is 9.59 Å². The Bertz CT molecular complexity index is 762. The fraction of sp³-hybridized carbons (Fsp3) is 0.950. The zero-order valence-electron chi connectivity index (χ0n) is 31.6. The van der Waals surface area contributed by atoms with Crippen molar-refractivity contribution >= 4 is 11.9 Å². The fourth-order valence-corrected chi connectivity index (χ4v) is 6.35.